The zero-order chi connectivity index (χ0) is 14.6. The van der Waals surface area contributed by atoms with Crippen LogP contribution < -0.4 is 10.6 Å². The molecule has 122 valence electrons. The van der Waals surface area contributed by atoms with Crippen molar-refractivity contribution < 1.29 is 9.15 Å². The number of halogens is 1. The van der Waals surface area contributed by atoms with Gasteiger partial charge in [0.05, 0.1) is 6.26 Å². The van der Waals surface area contributed by atoms with E-state index < -0.39 is 0 Å². The number of rotatable bonds is 9. The number of nitrogens with one attached hydrogen (secondary N) is 2. The van der Waals surface area contributed by atoms with Gasteiger partial charge in [0, 0.05) is 38.8 Å². The van der Waals surface area contributed by atoms with E-state index in [9.17, 15) is 0 Å². The molecule has 1 heterocycles. The van der Waals surface area contributed by atoms with Gasteiger partial charge in [-0.3, -0.25) is 4.99 Å². The van der Waals surface area contributed by atoms with Gasteiger partial charge in [0.1, 0.15) is 5.76 Å². The van der Waals surface area contributed by atoms with Crippen molar-refractivity contribution in [3.05, 3.63) is 24.2 Å². The highest BCUT2D eigenvalue weighted by molar-refractivity contribution is 14.0. The van der Waals surface area contributed by atoms with E-state index in [1.54, 1.807) is 6.26 Å². The molecule has 0 fully saturated rings. The fourth-order valence-corrected chi connectivity index (χ4v) is 1.69. The maximum atomic E-state index is 5.31. The largest absolute Gasteiger partial charge is 0.469 e. The van der Waals surface area contributed by atoms with Crippen LogP contribution >= 0.6 is 24.0 Å². The summed E-state index contributed by atoms with van der Waals surface area (Å²) in [6, 6.07) is 4.25. The molecule has 0 aromatic carbocycles. The van der Waals surface area contributed by atoms with E-state index in [-0.39, 0.29) is 24.0 Å². The van der Waals surface area contributed by atoms with Crippen molar-refractivity contribution in [3.63, 3.8) is 0 Å². The van der Waals surface area contributed by atoms with Gasteiger partial charge in [-0.15, -0.1) is 24.0 Å². The molecule has 0 spiro atoms. The first-order valence-electron chi connectivity index (χ1n) is 7.37. The van der Waals surface area contributed by atoms with E-state index in [0.717, 1.165) is 50.9 Å². The lowest BCUT2D eigenvalue weighted by atomic mass is 10.3. The molecule has 0 radical (unpaired) electrons. The topological polar surface area (TPSA) is 58.8 Å². The number of guanidine groups is 1. The molecule has 0 aliphatic carbocycles. The SMILES string of the molecule is CCOCCCN=C(NCCc1ccco1)NC(C)C.I. The third-order valence-electron chi connectivity index (χ3n) is 2.59. The van der Waals surface area contributed by atoms with Crippen LogP contribution in [0.15, 0.2) is 27.8 Å². The molecule has 1 rings (SSSR count). The third-order valence-corrected chi connectivity index (χ3v) is 2.59. The van der Waals surface area contributed by atoms with Crippen molar-refractivity contribution in [1.29, 1.82) is 0 Å². The Labute approximate surface area is 144 Å². The van der Waals surface area contributed by atoms with E-state index in [2.05, 4.69) is 29.5 Å². The Balaban J connectivity index is 0.00000400. The summed E-state index contributed by atoms with van der Waals surface area (Å²) in [6.45, 7) is 9.31. The van der Waals surface area contributed by atoms with Crippen LogP contribution in [-0.2, 0) is 11.2 Å². The summed E-state index contributed by atoms with van der Waals surface area (Å²) in [4.78, 5) is 4.54. The summed E-state index contributed by atoms with van der Waals surface area (Å²) in [5.41, 5.74) is 0. The monoisotopic (exact) mass is 409 g/mol. The van der Waals surface area contributed by atoms with Crippen molar-refractivity contribution in [2.24, 2.45) is 4.99 Å². The van der Waals surface area contributed by atoms with Crippen LogP contribution in [0.4, 0.5) is 0 Å². The standard InChI is InChI=1S/C15H27N3O2.HI/c1-4-19-11-6-9-16-15(18-13(2)3)17-10-8-14-7-5-12-20-14;/h5,7,12-13H,4,6,8-11H2,1-3H3,(H2,16,17,18);1H. The van der Waals surface area contributed by atoms with Gasteiger partial charge in [-0.05, 0) is 39.3 Å². The highest BCUT2D eigenvalue weighted by Gasteiger charge is 2.01. The fourth-order valence-electron chi connectivity index (χ4n) is 1.69. The van der Waals surface area contributed by atoms with Crippen molar-refractivity contribution in [2.45, 2.75) is 39.7 Å². The molecular weight excluding hydrogens is 381 g/mol. The predicted octanol–water partition coefficient (Wildman–Crippen LogP) is 2.81. The van der Waals surface area contributed by atoms with Gasteiger partial charge in [-0.1, -0.05) is 0 Å². The van der Waals surface area contributed by atoms with Gasteiger partial charge in [0.15, 0.2) is 5.96 Å². The van der Waals surface area contributed by atoms with Gasteiger partial charge < -0.3 is 19.8 Å². The van der Waals surface area contributed by atoms with Crippen LogP contribution in [-0.4, -0.2) is 38.3 Å². The minimum absolute atomic E-state index is 0. The molecule has 0 saturated heterocycles. The van der Waals surface area contributed by atoms with E-state index in [1.807, 2.05) is 19.1 Å². The number of hydrogen-bond donors (Lipinski definition) is 2. The summed E-state index contributed by atoms with van der Waals surface area (Å²) in [7, 11) is 0. The van der Waals surface area contributed by atoms with Crippen molar-refractivity contribution >= 4 is 29.9 Å². The Hall–Kier alpha value is -0.760. The molecule has 6 heteroatoms. The number of nitrogens with zero attached hydrogens (tertiary/aromatic N) is 1. The second-order valence-corrected chi connectivity index (χ2v) is 4.84. The summed E-state index contributed by atoms with van der Waals surface area (Å²) >= 11 is 0. The van der Waals surface area contributed by atoms with Gasteiger partial charge in [0.25, 0.3) is 0 Å². The molecule has 2 N–H and O–H groups in total. The molecule has 1 aromatic rings. The van der Waals surface area contributed by atoms with Gasteiger partial charge >= 0.3 is 0 Å². The zero-order valence-corrected chi connectivity index (χ0v) is 15.6. The summed E-state index contributed by atoms with van der Waals surface area (Å²) in [5, 5.41) is 6.64. The van der Waals surface area contributed by atoms with Gasteiger partial charge in [-0.25, -0.2) is 0 Å². The van der Waals surface area contributed by atoms with Crippen LogP contribution in [0.5, 0.6) is 0 Å². The van der Waals surface area contributed by atoms with E-state index in [0.29, 0.717) is 6.04 Å². The lowest BCUT2D eigenvalue weighted by molar-refractivity contribution is 0.146. The molecule has 5 nitrogen and oxygen atoms in total. The van der Waals surface area contributed by atoms with Crippen molar-refractivity contribution in [1.82, 2.24) is 10.6 Å². The average Bonchev–Trinajstić information content (AvgIpc) is 2.90. The molecule has 0 bridgehead atoms. The number of aliphatic imine (C=N–C) groups is 1. The lowest BCUT2D eigenvalue weighted by Gasteiger charge is -2.14. The van der Waals surface area contributed by atoms with Crippen molar-refractivity contribution in [3.8, 4) is 0 Å². The molecular formula is C15H28IN3O2. The maximum Gasteiger partial charge on any atom is 0.191 e. The Bertz CT molecular complexity index is 367. The summed E-state index contributed by atoms with van der Waals surface area (Å²) < 4.78 is 10.6. The second-order valence-electron chi connectivity index (χ2n) is 4.84. The molecule has 0 unspecified atom stereocenters. The minimum atomic E-state index is 0. The van der Waals surface area contributed by atoms with Gasteiger partial charge in [-0.2, -0.15) is 0 Å². The zero-order valence-electron chi connectivity index (χ0n) is 13.2. The highest BCUT2D eigenvalue weighted by Crippen LogP contribution is 1.99. The normalized spacial score (nSPS) is 11.3. The van der Waals surface area contributed by atoms with E-state index in [4.69, 9.17) is 9.15 Å². The first-order chi connectivity index (χ1) is 9.72. The first kappa shape index (κ1) is 20.2. The molecule has 0 atom stereocenters. The fraction of sp³-hybridized carbons (Fsp3) is 0.667. The van der Waals surface area contributed by atoms with Crippen LogP contribution in [0.25, 0.3) is 0 Å². The molecule has 0 amide bonds. The second kappa shape index (κ2) is 12.9. The molecule has 1 aromatic heterocycles. The highest BCUT2D eigenvalue weighted by atomic mass is 127. The smallest absolute Gasteiger partial charge is 0.191 e. The average molecular weight is 409 g/mol. The number of furan rings is 1. The number of ether oxygens (including phenoxy) is 1. The Morgan fingerprint density at radius 3 is 2.86 bits per heavy atom. The molecule has 21 heavy (non-hydrogen) atoms. The van der Waals surface area contributed by atoms with E-state index in [1.165, 1.54) is 0 Å². The van der Waals surface area contributed by atoms with Crippen LogP contribution in [0, 0.1) is 0 Å². The van der Waals surface area contributed by atoms with E-state index >= 15 is 0 Å². The molecule has 0 aliphatic heterocycles. The summed E-state index contributed by atoms with van der Waals surface area (Å²) in [5.74, 6) is 1.83. The molecule has 0 saturated carbocycles. The van der Waals surface area contributed by atoms with Crippen LogP contribution in [0.3, 0.4) is 0 Å². The Morgan fingerprint density at radius 2 is 2.24 bits per heavy atom. The minimum Gasteiger partial charge on any atom is -0.469 e. The lowest BCUT2D eigenvalue weighted by Crippen LogP contribution is -2.42. The first-order valence-corrected chi connectivity index (χ1v) is 7.37. The maximum absolute atomic E-state index is 5.31. The predicted molar refractivity (Wildman–Crippen MR) is 97.5 cm³/mol. The third kappa shape index (κ3) is 10.6. The summed E-state index contributed by atoms with van der Waals surface area (Å²) in [6.07, 6.45) is 3.49. The Morgan fingerprint density at radius 1 is 1.43 bits per heavy atom. The molecule has 0 aliphatic rings. The van der Waals surface area contributed by atoms with Crippen LogP contribution in [0.1, 0.15) is 33.0 Å². The Kier molecular flexibility index (Phi) is 12.5. The van der Waals surface area contributed by atoms with Crippen molar-refractivity contribution in [2.75, 3.05) is 26.3 Å². The number of hydrogen-bond acceptors (Lipinski definition) is 3. The van der Waals surface area contributed by atoms with Gasteiger partial charge in [0.2, 0.25) is 0 Å². The quantitative estimate of drug-likeness (QED) is 0.285. The van der Waals surface area contributed by atoms with Crippen LogP contribution in [0.2, 0.25) is 0 Å².